The van der Waals surface area contributed by atoms with Gasteiger partial charge in [-0.1, -0.05) is 53.1 Å². The molecular formula is C19H30BrN5O4. The summed E-state index contributed by atoms with van der Waals surface area (Å²) in [5.41, 5.74) is 8.42. The maximum atomic E-state index is 12.9. The van der Waals surface area contributed by atoms with Crippen LogP contribution in [0.4, 0.5) is 0 Å². The van der Waals surface area contributed by atoms with Gasteiger partial charge >= 0.3 is 5.69 Å². The number of nitrogens with zero attached hydrogens (tertiary/aromatic N) is 5. The van der Waals surface area contributed by atoms with Crippen LogP contribution >= 0.6 is 15.9 Å². The first kappa shape index (κ1) is 23.7. The third kappa shape index (κ3) is 6.44. The first-order valence-corrected chi connectivity index (χ1v) is 11.3. The maximum Gasteiger partial charge on any atom is 0.333 e. The fraction of sp³-hybridized carbons (Fsp3) is 0.789. The Morgan fingerprint density at radius 1 is 1.24 bits per heavy atom. The Bertz CT molecular complexity index is 818. The molecule has 0 spiro atoms. The van der Waals surface area contributed by atoms with E-state index in [9.17, 15) is 14.7 Å². The first-order chi connectivity index (χ1) is 14.0. The number of halogens is 1. The molecule has 1 N–H and O–H groups in total. The number of aromatic nitrogens is 2. The third-order valence-electron chi connectivity index (χ3n) is 5.28. The summed E-state index contributed by atoms with van der Waals surface area (Å²) in [5, 5.41) is 14.1. The van der Waals surface area contributed by atoms with Crippen LogP contribution in [0.25, 0.3) is 10.4 Å². The van der Waals surface area contributed by atoms with Gasteiger partial charge in [-0.2, -0.15) is 0 Å². The number of unbranched alkanes of at least 4 members (excludes halogenated alkanes) is 6. The Morgan fingerprint density at radius 3 is 2.52 bits per heavy atom. The maximum absolute atomic E-state index is 12.9. The van der Waals surface area contributed by atoms with E-state index in [1.165, 1.54) is 41.0 Å². The molecule has 1 aliphatic rings. The van der Waals surface area contributed by atoms with Gasteiger partial charge in [-0.25, -0.2) is 4.79 Å². The van der Waals surface area contributed by atoms with E-state index >= 15 is 0 Å². The highest BCUT2D eigenvalue weighted by Crippen LogP contribution is 2.29. The lowest BCUT2D eigenvalue weighted by atomic mass is 10.1. The molecule has 1 aliphatic heterocycles. The SMILES string of the molecule is Cc1cn([C@H]2C[C@H](N=[N+]=[N-])[C@@H](CO)O2)c(=O)n(CCCCCCCCCBr)c1=O. The van der Waals surface area contributed by atoms with E-state index in [2.05, 4.69) is 26.0 Å². The van der Waals surface area contributed by atoms with Crippen LogP contribution in [-0.2, 0) is 11.3 Å². The second kappa shape index (κ2) is 12.2. The highest BCUT2D eigenvalue weighted by atomic mass is 79.9. The minimum absolute atomic E-state index is 0.279. The third-order valence-corrected chi connectivity index (χ3v) is 5.84. The summed E-state index contributed by atoms with van der Waals surface area (Å²) in [4.78, 5) is 28.2. The molecule has 0 aromatic carbocycles. The smallest absolute Gasteiger partial charge is 0.333 e. The van der Waals surface area contributed by atoms with Crippen molar-refractivity contribution in [3.8, 4) is 0 Å². The summed E-state index contributed by atoms with van der Waals surface area (Å²) in [7, 11) is 0. The first-order valence-electron chi connectivity index (χ1n) is 10.2. The predicted octanol–water partition coefficient (Wildman–Crippen LogP) is 3.40. The zero-order chi connectivity index (χ0) is 21.2. The molecule has 0 bridgehead atoms. The molecule has 162 valence electrons. The molecule has 0 aliphatic carbocycles. The van der Waals surface area contributed by atoms with Gasteiger partial charge < -0.3 is 9.84 Å². The van der Waals surface area contributed by atoms with Crippen molar-refractivity contribution >= 4 is 15.9 Å². The number of hydrogen-bond acceptors (Lipinski definition) is 5. The fourth-order valence-electron chi connectivity index (χ4n) is 3.65. The van der Waals surface area contributed by atoms with Crippen molar-refractivity contribution in [1.82, 2.24) is 9.13 Å². The van der Waals surface area contributed by atoms with Crippen LogP contribution in [0.2, 0.25) is 0 Å². The molecule has 9 nitrogen and oxygen atoms in total. The number of aliphatic hydroxyl groups is 1. The highest BCUT2D eigenvalue weighted by molar-refractivity contribution is 9.09. The molecule has 0 radical (unpaired) electrons. The van der Waals surface area contributed by atoms with Gasteiger partial charge in [0.05, 0.1) is 18.8 Å². The van der Waals surface area contributed by atoms with E-state index in [1.807, 2.05) is 0 Å². The number of rotatable bonds is 12. The molecule has 0 amide bonds. The Labute approximate surface area is 178 Å². The average molecular weight is 472 g/mol. The molecule has 1 saturated heterocycles. The van der Waals surface area contributed by atoms with Crippen molar-refractivity contribution < 1.29 is 9.84 Å². The van der Waals surface area contributed by atoms with Gasteiger partial charge in [-0.05, 0) is 25.3 Å². The van der Waals surface area contributed by atoms with Gasteiger partial charge in [-0.3, -0.25) is 13.9 Å². The van der Waals surface area contributed by atoms with Gasteiger partial charge in [0.15, 0.2) is 0 Å². The second-order valence-electron chi connectivity index (χ2n) is 7.44. The Hall–Kier alpha value is -1.61. The van der Waals surface area contributed by atoms with Crippen LogP contribution in [0.5, 0.6) is 0 Å². The molecule has 10 heteroatoms. The Balaban J connectivity index is 2.04. The normalized spacial score (nSPS) is 21.3. The summed E-state index contributed by atoms with van der Waals surface area (Å²) in [6, 6.07) is -0.549. The monoisotopic (exact) mass is 471 g/mol. The topological polar surface area (TPSA) is 122 Å². The van der Waals surface area contributed by atoms with Crippen LogP contribution < -0.4 is 11.2 Å². The molecule has 2 heterocycles. The molecular weight excluding hydrogens is 442 g/mol. The van der Waals surface area contributed by atoms with Gasteiger partial charge in [0, 0.05) is 35.0 Å². The summed E-state index contributed by atoms with van der Waals surface area (Å²) in [6.07, 6.45) is 8.06. The minimum atomic E-state index is -0.671. The zero-order valence-corrected chi connectivity index (χ0v) is 18.5. The molecule has 2 rings (SSSR count). The zero-order valence-electron chi connectivity index (χ0n) is 16.9. The number of hydrogen-bond donors (Lipinski definition) is 1. The summed E-state index contributed by atoms with van der Waals surface area (Å²) in [5.74, 6) is 0. The number of aryl methyl sites for hydroxylation is 1. The molecule has 1 aromatic heterocycles. The highest BCUT2D eigenvalue weighted by Gasteiger charge is 2.36. The van der Waals surface area contributed by atoms with Gasteiger partial charge in [0.1, 0.15) is 6.23 Å². The lowest BCUT2D eigenvalue weighted by Crippen LogP contribution is -2.42. The molecule has 0 unspecified atom stereocenters. The van der Waals surface area contributed by atoms with Crippen LogP contribution in [0, 0.1) is 6.92 Å². The average Bonchev–Trinajstić information content (AvgIpc) is 3.12. The quantitative estimate of drug-likeness (QED) is 0.165. The van der Waals surface area contributed by atoms with Crippen molar-refractivity contribution in [2.24, 2.45) is 5.11 Å². The molecule has 29 heavy (non-hydrogen) atoms. The van der Waals surface area contributed by atoms with Crippen molar-refractivity contribution in [1.29, 1.82) is 0 Å². The van der Waals surface area contributed by atoms with Crippen LogP contribution in [-0.4, -0.2) is 38.3 Å². The van der Waals surface area contributed by atoms with Gasteiger partial charge in [0.2, 0.25) is 0 Å². The van der Waals surface area contributed by atoms with E-state index in [1.54, 1.807) is 6.92 Å². The summed E-state index contributed by atoms with van der Waals surface area (Å²) < 4.78 is 8.36. The predicted molar refractivity (Wildman–Crippen MR) is 114 cm³/mol. The molecule has 1 aromatic rings. The Morgan fingerprint density at radius 2 is 1.90 bits per heavy atom. The van der Waals surface area contributed by atoms with Gasteiger partial charge in [-0.15, -0.1) is 0 Å². The molecule has 3 atom stereocenters. The molecule has 1 fully saturated rings. The lowest BCUT2D eigenvalue weighted by Gasteiger charge is -2.17. The van der Waals surface area contributed by atoms with Crippen molar-refractivity contribution in [2.75, 3.05) is 11.9 Å². The number of alkyl halides is 1. The largest absolute Gasteiger partial charge is 0.394 e. The summed E-state index contributed by atoms with van der Waals surface area (Å²) in [6.45, 7) is 1.74. The number of ether oxygens (including phenoxy) is 1. The van der Waals surface area contributed by atoms with Crippen LogP contribution in [0.3, 0.4) is 0 Å². The standard InChI is InChI=1S/C19H30BrN5O4/c1-14-12-25(17-11-15(22-23-21)16(13-26)29-17)19(28)24(18(14)27)10-8-6-4-2-3-5-7-9-20/h12,15-17,26H,2-11,13H2,1H3/t15-,16+,17+/m0/s1. The fourth-order valence-corrected chi connectivity index (χ4v) is 4.04. The van der Waals surface area contributed by atoms with E-state index in [4.69, 9.17) is 10.3 Å². The summed E-state index contributed by atoms with van der Waals surface area (Å²) >= 11 is 3.43. The minimum Gasteiger partial charge on any atom is -0.394 e. The number of aliphatic hydroxyl groups excluding tert-OH is 1. The van der Waals surface area contributed by atoms with E-state index in [-0.39, 0.29) is 18.6 Å². The van der Waals surface area contributed by atoms with Crippen molar-refractivity contribution in [2.45, 2.75) is 83.2 Å². The van der Waals surface area contributed by atoms with E-state index in [0.717, 1.165) is 24.6 Å². The van der Waals surface area contributed by atoms with E-state index < -0.39 is 24.1 Å². The Kier molecular flexibility index (Phi) is 9.93. The lowest BCUT2D eigenvalue weighted by molar-refractivity contribution is -0.0277. The molecule has 0 saturated carbocycles. The van der Waals surface area contributed by atoms with Crippen LogP contribution in [0.15, 0.2) is 20.9 Å². The number of azide groups is 1. The van der Waals surface area contributed by atoms with Crippen molar-refractivity contribution in [3.63, 3.8) is 0 Å². The van der Waals surface area contributed by atoms with Gasteiger partial charge in [0.25, 0.3) is 5.56 Å². The second-order valence-corrected chi connectivity index (χ2v) is 8.24. The van der Waals surface area contributed by atoms with E-state index in [0.29, 0.717) is 12.1 Å². The van der Waals surface area contributed by atoms with Crippen LogP contribution in [0.1, 0.15) is 63.2 Å². The van der Waals surface area contributed by atoms with Crippen molar-refractivity contribution in [3.05, 3.63) is 43.0 Å².